The highest BCUT2D eigenvalue weighted by molar-refractivity contribution is 5.82. The van der Waals surface area contributed by atoms with Crippen LogP contribution in [-0.2, 0) is 19.1 Å². The molecule has 1 aliphatic rings. The molecule has 1 aliphatic heterocycles. The van der Waals surface area contributed by atoms with Crippen LogP contribution < -0.4 is 10.5 Å². The number of alkyl halides is 3. The van der Waals surface area contributed by atoms with Crippen molar-refractivity contribution < 1.29 is 22.7 Å². The van der Waals surface area contributed by atoms with Gasteiger partial charge in [-0.25, -0.2) is 9.78 Å². The summed E-state index contributed by atoms with van der Waals surface area (Å²) in [4.78, 5) is 20.1. The molecule has 0 unspecified atom stereocenters. The van der Waals surface area contributed by atoms with Crippen LogP contribution in [0.15, 0.2) is 45.7 Å². The molecule has 9 heteroatoms. The molecule has 6 nitrogen and oxygen atoms in total. The van der Waals surface area contributed by atoms with Crippen molar-refractivity contribution in [2.45, 2.75) is 26.1 Å². The molecule has 0 saturated carbocycles. The van der Waals surface area contributed by atoms with Gasteiger partial charge >= 0.3 is 11.8 Å². The molecular weight excluding hydrogens is 411 g/mol. The lowest BCUT2D eigenvalue weighted by Crippen LogP contribution is -2.46. The van der Waals surface area contributed by atoms with Crippen LogP contribution in [0.1, 0.15) is 23.6 Å². The van der Waals surface area contributed by atoms with Crippen molar-refractivity contribution in [3.63, 3.8) is 0 Å². The number of benzene rings is 1. The molecule has 0 spiro atoms. The van der Waals surface area contributed by atoms with Crippen molar-refractivity contribution in [3.05, 3.63) is 63.6 Å². The number of fused-ring (bicyclic) bond motifs is 1. The Morgan fingerprint density at radius 1 is 1.10 bits per heavy atom. The van der Waals surface area contributed by atoms with E-state index in [0.29, 0.717) is 50.5 Å². The molecule has 1 aromatic carbocycles. The van der Waals surface area contributed by atoms with Gasteiger partial charge in [0.1, 0.15) is 17.2 Å². The summed E-state index contributed by atoms with van der Waals surface area (Å²) < 4.78 is 43.4. The second kappa shape index (κ2) is 8.22. The summed E-state index contributed by atoms with van der Waals surface area (Å²) in [6.45, 7) is 5.03. The second-order valence-corrected chi connectivity index (χ2v) is 7.59. The maximum absolute atomic E-state index is 12.7. The van der Waals surface area contributed by atoms with Crippen molar-refractivity contribution in [3.8, 4) is 5.75 Å². The van der Waals surface area contributed by atoms with Gasteiger partial charge in [-0.15, -0.1) is 0 Å². The van der Waals surface area contributed by atoms with E-state index >= 15 is 0 Å². The van der Waals surface area contributed by atoms with E-state index < -0.39 is 17.4 Å². The van der Waals surface area contributed by atoms with Gasteiger partial charge in [0.25, 0.3) is 0 Å². The molecule has 3 aromatic rings. The lowest BCUT2D eigenvalue weighted by atomic mass is 10.0. The van der Waals surface area contributed by atoms with Crippen molar-refractivity contribution in [1.82, 2.24) is 9.88 Å². The molecule has 1 saturated heterocycles. The standard InChI is InChI=1S/C22H22F3N3O3/c1-2-14-9-17-15(10-21(30)31-19(17)11-18(14)29)13-27-5-7-28(8-6-27)20-4-3-16(12-26-20)22(23,24)25/h3-4,9-12,29H,2,5-8,13H2,1H3. The van der Waals surface area contributed by atoms with Gasteiger partial charge in [0.05, 0.1) is 5.56 Å². The summed E-state index contributed by atoms with van der Waals surface area (Å²) in [6, 6.07) is 7.25. The molecule has 1 N–H and O–H groups in total. The number of aromatic hydroxyl groups is 1. The molecule has 31 heavy (non-hydrogen) atoms. The Kier molecular flexibility index (Phi) is 5.62. The quantitative estimate of drug-likeness (QED) is 0.632. The summed E-state index contributed by atoms with van der Waals surface area (Å²) in [6.07, 6.45) is -2.89. The predicted molar refractivity (Wildman–Crippen MR) is 110 cm³/mol. The first-order valence-corrected chi connectivity index (χ1v) is 10.0. The maximum atomic E-state index is 12.7. The predicted octanol–water partition coefficient (Wildman–Crippen LogP) is 3.80. The van der Waals surface area contributed by atoms with E-state index in [2.05, 4.69) is 9.88 Å². The number of aryl methyl sites for hydroxylation is 1. The van der Waals surface area contributed by atoms with E-state index in [1.165, 1.54) is 18.2 Å². The minimum atomic E-state index is -4.40. The Morgan fingerprint density at radius 2 is 1.84 bits per heavy atom. The summed E-state index contributed by atoms with van der Waals surface area (Å²) in [5, 5.41) is 10.9. The van der Waals surface area contributed by atoms with Crippen LogP contribution in [0.5, 0.6) is 5.75 Å². The number of rotatable bonds is 4. The third kappa shape index (κ3) is 4.51. The highest BCUT2D eigenvalue weighted by Crippen LogP contribution is 2.30. The minimum Gasteiger partial charge on any atom is -0.508 e. The van der Waals surface area contributed by atoms with Crippen molar-refractivity contribution in [2.24, 2.45) is 0 Å². The Labute approximate surface area is 176 Å². The summed E-state index contributed by atoms with van der Waals surface area (Å²) >= 11 is 0. The lowest BCUT2D eigenvalue weighted by Gasteiger charge is -2.35. The summed E-state index contributed by atoms with van der Waals surface area (Å²) in [5.41, 5.74) is 0.716. The van der Waals surface area contributed by atoms with Crippen molar-refractivity contribution >= 4 is 16.8 Å². The van der Waals surface area contributed by atoms with Crippen molar-refractivity contribution in [2.75, 3.05) is 31.1 Å². The number of hydrogen-bond acceptors (Lipinski definition) is 6. The van der Waals surface area contributed by atoms with Crippen LogP contribution in [0, 0.1) is 0 Å². The Morgan fingerprint density at radius 3 is 2.45 bits per heavy atom. The number of aromatic nitrogens is 1. The fraction of sp³-hybridized carbons (Fsp3) is 0.364. The Bertz CT molecular complexity index is 1130. The Balaban J connectivity index is 1.48. The fourth-order valence-electron chi connectivity index (χ4n) is 3.84. The van der Waals surface area contributed by atoms with Gasteiger partial charge in [0.15, 0.2) is 0 Å². The van der Waals surface area contributed by atoms with E-state index in [9.17, 15) is 23.1 Å². The highest BCUT2D eigenvalue weighted by Gasteiger charge is 2.31. The third-order valence-electron chi connectivity index (χ3n) is 5.58. The first kappa shape index (κ1) is 21.2. The number of phenols is 1. The molecule has 2 aromatic heterocycles. The average Bonchev–Trinajstić information content (AvgIpc) is 2.73. The third-order valence-corrected chi connectivity index (χ3v) is 5.58. The van der Waals surface area contributed by atoms with Gasteiger partial charge in [0.2, 0.25) is 0 Å². The fourth-order valence-corrected chi connectivity index (χ4v) is 3.84. The van der Waals surface area contributed by atoms with Crippen LogP contribution >= 0.6 is 0 Å². The van der Waals surface area contributed by atoms with E-state index in [0.717, 1.165) is 28.8 Å². The lowest BCUT2D eigenvalue weighted by molar-refractivity contribution is -0.137. The molecule has 3 heterocycles. The zero-order valence-electron chi connectivity index (χ0n) is 16.9. The van der Waals surface area contributed by atoms with Crippen LogP contribution in [0.3, 0.4) is 0 Å². The van der Waals surface area contributed by atoms with Gasteiger partial charge in [-0.2, -0.15) is 13.2 Å². The molecule has 0 amide bonds. The molecule has 0 aliphatic carbocycles. The van der Waals surface area contributed by atoms with E-state index in [1.54, 1.807) is 0 Å². The number of pyridine rings is 1. The van der Waals surface area contributed by atoms with Crippen LogP contribution in [-0.4, -0.2) is 41.2 Å². The normalized spacial score (nSPS) is 15.5. The van der Waals surface area contributed by atoms with Gasteiger partial charge in [0, 0.05) is 56.4 Å². The average molecular weight is 433 g/mol. The number of hydrogen-bond donors (Lipinski definition) is 1. The van der Waals surface area contributed by atoms with Crippen LogP contribution in [0.25, 0.3) is 11.0 Å². The van der Waals surface area contributed by atoms with Gasteiger partial charge in [-0.3, -0.25) is 4.90 Å². The molecule has 0 bridgehead atoms. The maximum Gasteiger partial charge on any atom is 0.417 e. The van der Waals surface area contributed by atoms with E-state index in [1.807, 2.05) is 17.9 Å². The number of nitrogens with zero attached hydrogens (tertiary/aromatic N) is 3. The van der Waals surface area contributed by atoms with Crippen LogP contribution in [0.2, 0.25) is 0 Å². The van der Waals surface area contributed by atoms with E-state index in [-0.39, 0.29) is 5.75 Å². The summed E-state index contributed by atoms with van der Waals surface area (Å²) in [7, 11) is 0. The molecule has 0 radical (unpaired) electrons. The SMILES string of the molecule is CCc1cc2c(CN3CCN(c4ccc(C(F)(F)F)cn4)CC3)cc(=O)oc2cc1O. The Hall–Kier alpha value is -3.07. The molecule has 0 atom stereocenters. The second-order valence-electron chi connectivity index (χ2n) is 7.59. The minimum absolute atomic E-state index is 0.105. The zero-order chi connectivity index (χ0) is 22.2. The van der Waals surface area contributed by atoms with E-state index in [4.69, 9.17) is 4.42 Å². The molecule has 4 rings (SSSR count). The van der Waals surface area contributed by atoms with Gasteiger partial charge in [-0.1, -0.05) is 6.92 Å². The number of anilines is 1. The van der Waals surface area contributed by atoms with Crippen LogP contribution in [0.4, 0.5) is 19.0 Å². The zero-order valence-corrected chi connectivity index (χ0v) is 16.9. The van der Waals surface area contributed by atoms with Gasteiger partial charge < -0.3 is 14.4 Å². The molecular formula is C22H22F3N3O3. The first-order chi connectivity index (χ1) is 14.7. The molecule has 1 fully saturated rings. The number of halogens is 3. The number of piperazine rings is 1. The number of phenolic OH excluding ortho intramolecular Hbond substituents is 1. The largest absolute Gasteiger partial charge is 0.508 e. The molecule has 164 valence electrons. The first-order valence-electron chi connectivity index (χ1n) is 10.0. The van der Waals surface area contributed by atoms with Gasteiger partial charge in [-0.05, 0) is 35.7 Å². The smallest absolute Gasteiger partial charge is 0.417 e. The topological polar surface area (TPSA) is 69.8 Å². The monoisotopic (exact) mass is 433 g/mol. The summed E-state index contributed by atoms with van der Waals surface area (Å²) in [5.74, 6) is 0.620. The highest BCUT2D eigenvalue weighted by atomic mass is 19.4. The van der Waals surface area contributed by atoms with Crippen molar-refractivity contribution in [1.29, 1.82) is 0 Å².